The number of hydrogen-bond acceptors (Lipinski definition) is 4. The van der Waals surface area contributed by atoms with Crippen LogP contribution in [0.5, 0.6) is 11.5 Å². The van der Waals surface area contributed by atoms with Gasteiger partial charge in [-0.15, -0.1) is 0 Å². The molecule has 0 saturated carbocycles. The van der Waals surface area contributed by atoms with Crippen LogP contribution in [0.4, 0.5) is 0 Å². The second-order valence-electron chi connectivity index (χ2n) is 7.52. The number of allylic oxidation sites excluding steroid dienone is 1. The summed E-state index contributed by atoms with van der Waals surface area (Å²) in [4.78, 5) is 14.4. The summed E-state index contributed by atoms with van der Waals surface area (Å²) in [6, 6.07) is 14.3. The van der Waals surface area contributed by atoms with E-state index in [0.29, 0.717) is 24.5 Å². The smallest absolute Gasteiger partial charge is 0.176 e. The highest BCUT2D eigenvalue weighted by Gasteiger charge is 2.49. The van der Waals surface area contributed by atoms with Crippen molar-refractivity contribution in [1.82, 2.24) is 4.90 Å². The molecule has 1 unspecified atom stereocenters. The van der Waals surface area contributed by atoms with Gasteiger partial charge in [0, 0.05) is 17.9 Å². The minimum absolute atomic E-state index is 0.164. The lowest BCUT2D eigenvalue weighted by molar-refractivity contribution is -0.116. The van der Waals surface area contributed by atoms with Crippen LogP contribution in [-0.4, -0.2) is 37.4 Å². The molecule has 0 N–H and O–H groups in total. The summed E-state index contributed by atoms with van der Waals surface area (Å²) in [6.45, 7) is 1.42. The maximum absolute atomic E-state index is 12.1. The summed E-state index contributed by atoms with van der Waals surface area (Å²) in [6.07, 6.45) is 5.37. The SMILES string of the molecule is COc1ccc([C@@]23C=CC(=O)CC2N(C)CC3)c(Br)c1OCc1ccccc1. The Morgan fingerprint density at radius 3 is 2.75 bits per heavy atom. The van der Waals surface area contributed by atoms with Crippen molar-refractivity contribution in [2.24, 2.45) is 0 Å². The lowest BCUT2D eigenvalue weighted by Crippen LogP contribution is -2.43. The van der Waals surface area contributed by atoms with Crippen molar-refractivity contribution in [3.8, 4) is 11.5 Å². The second kappa shape index (κ2) is 7.72. The van der Waals surface area contributed by atoms with Gasteiger partial charge in [0.2, 0.25) is 0 Å². The molecule has 1 fully saturated rings. The number of carbonyl (C=O) groups excluding carboxylic acids is 1. The number of nitrogens with zero attached hydrogens (tertiary/aromatic N) is 1. The third-order valence-corrected chi connectivity index (χ3v) is 6.76. The Morgan fingerprint density at radius 2 is 2.00 bits per heavy atom. The molecule has 2 atom stereocenters. The monoisotopic (exact) mass is 441 g/mol. The zero-order chi connectivity index (χ0) is 19.7. The number of methoxy groups -OCH3 is 1. The van der Waals surface area contributed by atoms with E-state index in [1.54, 1.807) is 13.2 Å². The third-order valence-electron chi connectivity index (χ3n) is 5.97. The van der Waals surface area contributed by atoms with E-state index in [4.69, 9.17) is 9.47 Å². The lowest BCUT2D eigenvalue weighted by atomic mass is 9.69. The van der Waals surface area contributed by atoms with Gasteiger partial charge in [0.1, 0.15) is 6.61 Å². The highest BCUT2D eigenvalue weighted by molar-refractivity contribution is 9.10. The van der Waals surface area contributed by atoms with Crippen molar-refractivity contribution in [3.63, 3.8) is 0 Å². The van der Waals surface area contributed by atoms with E-state index < -0.39 is 0 Å². The van der Waals surface area contributed by atoms with Crippen LogP contribution in [0.15, 0.2) is 59.1 Å². The van der Waals surface area contributed by atoms with E-state index >= 15 is 0 Å². The molecule has 2 aromatic rings. The maximum Gasteiger partial charge on any atom is 0.176 e. The molecule has 4 nitrogen and oxygen atoms in total. The van der Waals surface area contributed by atoms with E-state index in [9.17, 15) is 4.79 Å². The van der Waals surface area contributed by atoms with Gasteiger partial charge in [0.15, 0.2) is 17.3 Å². The van der Waals surface area contributed by atoms with Gasteiger partial charge in [-0.05, 0) is 59.2 Å². The van der Waals surface area contributed by atoms with Gasteiger partial charge in [0.25, 0.3) is 0 Å². The average Bonchev–Trinajstić information content (AvgIpc) is 3.04. The van der Waals surface area contributed by atoms with Gasteiger partial charge in [0.05, 0.1) is 11.6 Å². The molecular weight excluding hydrogens is 418 g/mol. The summed E-state index contributed by atoms with van der Waals surface area (Å²) in [7, 11) is 3.75. The Kier molecular flexibility index (Phi) is 5.30. The fraction of sp³-hybridized carbons (Fsp3) is 0.348. The first kappa shape index (κ1) is 19.2. The fourth-order valence-electron chi connectivity index (χ4n) is 4.44. The fourth-order valence-corrected chi connectivity index (χ4v) is 5.25. The predicted molar refractivity (Wildman–Crippen MR) is 113 cm³/mol. The molecule has 0 spiro atoms. The quantitative estimate of drug-likeness (QED) is 0.683. The minimum Gasteiger partial charge on any atom is -0.493 e. The summed E-state index contributed by atoms with van der Waals surface area (Å²) in [5.74, 6) is 1.60. The van der Waals surface area contributed by atoms with Crippen molar-refractivity contribution in [1.29, 1.82) is 0 Å². The molecule has 0 aromatic heterocycles. The highest BCUT2D eigenvalue weighted by Crippen LogP contribution is 2.50. The largest absolute Gasteiger partial charge is 0.493 e. The van der Waals surface area contributed by atoms with Gasteiger partial charge < -0.3 is 14.4 Å². The topological polar surface area (TPSA) is 38.8 Å². The molecule has 0 amide bonds. The standard InChI is InChI=1S/C23H24BrNO3/c1-25-13-12-23(11-10-17(26)14-20(23)25)18-8-9-19(27-2)22(21(18)24)28-15-16-6-4-3-5-7-16/h3-11,20H,12-15H2,1-2H3/t20?,23-/m0/s1. The lowest BCUT2D eigenvalue weighted by Gasteiger charge is -2.38. The van der Waals surface area contributed by atoms with Gasteiger partial charge in [-0.2, -0.15) is 0 Å². The number of carbonyl (C=O) groups is 1. The zero-order valence-electron chi connectivity index (χ0n) is 16.2. The summed E-state index contributed by atoms with van der Waals surface area (Å²) in [5, 5.41) is 0. The van der Waals surface area contributed by atoms with Crippen molar-refractivity contribution in [3.05, 3.63) is 70.2 Å². The van der Waals surface area contributed by atoms with E-state index in [2.05, 4.69) is 40.0 Å². The minimum atomic E-state index is -0.196. The number of fused-ring (bicyclic) bond motifs is 1. The maximum atomic E-state index is 12.1. The molecule has 4 rings (SSSR count). The Balaban J connectivity index is 1.74. The Labute approximate surface area is 174 Å². The van der Waals surface area contributed by atoms with Crippen molar-refractivity contribution < 1.29 is 14.3 Å². The second-order valence-corrected chi connectivity index (χ2v) is 8.32. The predicted octanol–water partition coefficient (Wildman–Crippen LogP) is 4.51. The zero-order valence-corrected chi connectivity index (χ0v) is 17.7. The molecule has 1 aliphatic heterocycles. The van der Waals surface area contributed by atoms with E-state index in [-0.39, 0.29) is 17.2 Å². The molecule has 1 saturated heterocycles. The Hall–Kier alpha value is -2.11. The van der Waals surface area contributed by atoms with Gasteiger partial charge in [-0.3, -0.25) is 4.79 Å². The molecule has 0 radical (unpaired) electrons. The van der Waals surface area contributed by atoms with E-state index in [1.807, 2.05) is 36.4 Å². The number of benzene rings is 2. The van der Waals surface area contributed by atoms with Crippen molar-refractivity contribution in [2.75, 3.05) is 20.7 Å². The highest BCUT2D eigenvalue weighted by atomic mass is 79.9. The van der Waals surface area contributed by atoms with Crippen LogP contribution in [0.2, 0.25) is 0 Å². The molecule has 146 valence electrons. The van der Waals surface area contributed by atoms with Crippen molar-refractivity contribution in [2.45, 2.75) is 30.9 Å². The Bertz CT molecular complexity index is 912. The van der Waals surface area contributed by atoms with Crippen LogP contribution in [0.3, 0.4) is 0 Å². The molecule has 5 heteroatoms. The molecular formula is C23H24BrNO3. The van der Waals surface area contributed by atoms with Crippen molar-refractivity contribution >= 4 is 21.7 Å². The van der Waals surface area contributed by atoms with Crippen LogP contribution in [-0.2, 0) is 16.8 Å². The molecule has 0 bridgehead atoms. The summed E-state index contributed by atoms with van der Waals surface area (Å²) < 4.78 is 12.7. The van der Waals surface area contributed by atoms with Crippen LogP contribution < -0.4 is 9.47 Å². The number of rotatable bonds is 5. The number of likely N-dealkylation sites (N-methyl/N-ethyl adjacent to an activating group) is 1. The Morgan fingerprint density at radius 1 is 1.21 bits per heavy atom. The van der Waals surface area contributed by atoms with E-state index in [1.165, 1.54) is 0 Å². The summed E-state index contributed by atoms with van der Waals surface area (Å²) >= 11 is 3.81. The first-order chi connectivity index (χ1) is 13.5. The van der Waals surface area contributed by atoms with Gasteiger partial charge in [-0.25, -0.2) is 0 Å². The number of likely N-dealkylation sites (tertiary alicyclic amines) is 1. The van der Waals surface area contributed by atoms with Gasteiger partial charge >= 0.3 is 0 Å². The third kappa shape index (κ3) is 3.27. The summed E-state index contributed by atoms with van der Waals surface area (Å²) in [5.41, 5.74) is 2.05. The molecule has 2 aromatic carbocycles. The van der Waals surface area contributed by atoms with Crippen LogP contribution in [0.1, 0.15) is 24.0 Å². The molecule has 1 aliphatic carbocycles. The van der Waals surface area contributed by atoms with Gasteiger partial charge in [-0.1, -0.05) is 42.5 Å². The van der Waals surface area contributed by atoms with Crippen LogP contribution in [0.25, 0.3) is 0 Å². The van der Waals surface area contributed by atoms with Crippen LogP contribution >= 0.6 is 15.9 Å². The van der Waals surface area contributed by atoms with E-state index in [0.717, 1.165) is 28.6 Å². The first-order valence-corrected chi connectivity index (χ1v) is 10.3. The average molecular weight is 442 g/mol. The molecule has 1 heterocycles. The number of halogens is 1. The van der Waals surface area contributed by atoms with Crippen LogP contribution in [0, 0.1) is 0 Å². The normalized spacial score (nSPS) is 24.2. The molecule has 28 heavy (non-hydrogen) atoms. The first-order valence-electron chi connectivity index (χ1n) is 9.51. The number of hydrogen-bond donors (Lipinski definition) is 0. The number of ketones is 1. The number of ether oxygens (including phenoxy) is 2. The molecule has 2 aliphatic rings.